The van der Waals surface area contributed by atoms with Crippen LogP contribution in [0, 0.1) is 26.2 Å². The van der Waals surface area contributed by atoms with E-state index >= 15 is 0 Å². The van der Waals surface area contributed by atoms with Gasteiger partial charge in [-0.1, -0.05) is 26.0 Å². The molecule has 2 heteroatoms. The van der Waals surface area contributed by atoms with Gasteiger partial charge in [-0.05, 0) is 80.8 Å². The second-order valence-corrected chi connectivity index (χ2v) is 7.60. The van der Waals surface area contributed by atoms with Crippen molar-refractivity contribution in [1.29, 1.82) is 0 Å². The highest BCUT2D eigenvalue weighted by Crippen LogP contribution is 2.34. The summed E-state index contributed by atoms with van der Waals surface area (Å²) in [7, 11) is 0. The fraction of sp³-hybridized carbons (Fsp3) is 0.684. The molecule has 1 unspecified atom stereocenters. The molecule has 1 aliphatic heterocycles. The van der Waals surface area contributed by atoms with Crippen LogP contribution in [0.4, 0.5) is 0 Å². The van der Waals surface area contributed by atoms with E-state index in [1.165, 1.54) is 54.6 Å². The lowest BCUT2D eigenvalue weighted by atomic mass is 9.85. The van der Waals surface area contributed by atoms with Gasteiger partial charge in [0.15, 0.2) is 0 Å². The Labute approximate surface area is 130 Å². The number of nitrogens with two attached hydrogens (primary N) is 1. The van der Waals surface area contributed by atoms with E-state index in [0.717, 1.165) is 0 Å². The summed E-state index contributed by atoms with van der Waals surface area (Å²) in [5, 5.41) is 0. The summed E-state index contributed by atoms with van der Waals surface area (Å²) in [4.78, 5) is 2.62. The third kappa shape index (κ3) is 3.87. The van der Waals surface area contributed by atoms with Crippen LogP contribution < -0.4 is 5.73 Å². The Morgan fingerprint density at radius 3 is 2.38 bits per heavy atom. The molecule has 1 saturated heterocycles. The molecule has 0 aromatic heterocycles. The molecule has 0 amide bonds. The van der Waals surface area contributed by atoms with Crippen molar-refractivity contribution >= 4 is 0 Å². The van der Waals surface area contributed by atoms with Crippen LogP contribution >= 0.6 is 0 Å². The first-order valence-electron chi connectivity index (χ1n) is 8.36. The van der Waals surface area contributed by atoms with Crippen molar-refractivity contribution in [2.45, 2.75) is 59.9 Å². The minimum atomic E-state index is 0.373. The Morgan fingerprint density at radius 1 is 1.05 bits per heavy atom. The van der Waals surface area contributed by atoms with Gasteiger partial charge in [0.05, 0.1) is 0 Å². The Bertz CT molecular complexity index is 491. The molecule has 1 aromatic carbocycles. The van der Waals surface area contributed by atoms with Crippen LogP contribution in [0.1, 0.15) is 61.4 Å². The first kappa shape index (κ1) is 16.5. The molecule has 1 aliphatic rings. The van der Waals surface area contributed by atoms with Crippen molar-refractivity contribution in [3.8, 4) is 0 Å². The molecular formula is C19H32N2. The largest absolute Gasteiger partial charge is 0.329 e. The number of nitrogens with zero attached hydrogens (tertiary/aromatic N) is 1. The van der Waals surface area contributed by atoms with Gasteiger partial charge in [-0.15, -0.1) is 0 Å². The summed E-state index contributed by atoms with van der Waals surface area (Å²) in [5.74, 6) is 0. The summed E-state index contributed by atoms with van der Waals surface area (Å²) < 4.78 is 0. The lowest BCUT2D eigenvalue weighted by Crippen LogP contribution is -2.35. The van der Waals surface area contributed by atoms with Crippen LogP contribution in [0.2, 0.25) is 0 Å². The van der Waals surface area contributed by atoms with E-state index in [0.29, 0.717) is 18.0 Å². The number of hydrogen-bond acceptors (Lipinski definition) is 2. The van der Waals surface area contributed by atoms with Crippen molar-refractivity contribution in [2.75, 3.05) is 19.6 Å². The number of benzene rings is 1. The maximum atomic E-state index is 6.17. The molecule has 0 bridgehead atoms. The van der Waals surface area contributed by atoms with Gasteiger partial charge in [-0.3, -0.25) is 4.90 Å². The summed E-state index contributed by atoms with van der Waals surface area (Å²) in [6, 6.07) is 5.05. The lowest BCUT2D eigenvalue weighted by molar-refractivity contribution is 0.199. The zero-order valence-electron chi connectivity index (χ0n) is 14.5. The minimum absolute atomic E-state index is 0.373. The molecule has 1 aromatic rings. The molecule has 1 atom stereocenters. The van der Waals surface area contributed by atoms with E-state index in [4.69, 9.17) is 5.73 Å². The van der Waals surface area contributed by atoms with E-state index in [-0.39, 0.29) is 0 Å². The summed E-state index contributed by atoms with van der Waals surface area (Å²) in [6.45, 7) is 14.5. The van der Waals surface area contributed by atoms with Crippen molar-refractivity contribution in [1.82, 2.24) is 4.90 Å². The Morgan fingerprint density at radius 2 is 1.71 bits per heavy atom. The van der Waals surface area contributed by atoms with Crippen molar-refractivity contribution in [2.24, 2.45) is 11.1 Å². The minimum Gasteiger partial charge on any atom is -0.329 e. The third-order valence-corrected chi connectivity index (χ3v) is 5.28. The van der Waals surface area contributed by atoms with Gasteiger partial charge in [0.1, 0.15) is 0 Å². The monoisotopic (exact) mass is 288 g/mol. The molecule has 0 spiro atoms. The van der Waals surface area contributed by atoms with Crippen LogP contribution in [0.5, 0.6) is 0 Å². The second kappa shape index (κ2) is 6.50. The molecule has 118 valence electrons. The van der Waals surface area contributed by atoms with Gasteiger partial charge < -0.3 is 5.73 Å². The van der Waals surface area contributed by atoms with E-state index in [2.05, 4.69) is 51.7 Å². The summed E-state index contributed by atoms with van der Waals surface area (Å²) in [5.41, 5.74) is 12.2. The van der Waals surface area contributed by atoms with Gasteiger partial charge in [-0.2, -0.15) is 0 Å². The summed E-state index contributed by atoms with van der Waals surface area (Å²) >= 11 is 0. The van der Waals surface area contributed by atoms with Crippen LogP contribution in [-0.4, -0.2) is 24.5 Å². The average molecular weight is 288 g/mol. The highest BCUT2D eigenvalue weighted by atomic mass is 15.2. The predicted molar refractivity (Wildman–Crippen MR) is 91.7 cm³/mol. The Balaban J connectivity index is 2.25. The van der Waals surface area contributed by atoms with Crippen LogP contribution in [0.3, 0.4) is 0 Å². The smallest absolute Gasteiger partial charge is 0.0473 e. The fourth-order valence-corrected chi connectivity index (χ4v) is 3.57. The topological polar surface area (TPSA) is 29.3 Å². The Kier molecular flexibility index (Phi) is 5.11. The van der Waals surface area contributed by atoms with E-state index in [1.54, 1.807) is 0 Å². The van der Waals surface area contributed by atoms with Crippen LogP contribution in [0.25, 0.3) is 0 Å². The first-order valence-corrected chi connectivity index (χ1v) is 8.36. The molecule has 2 rings (SSSR count). The van der Waals surface area contributed by atoms with Crippen molar-refractivity contribution in [3.05, 3.63) is 34.4 Å². The quantitative estimate of drug-likeness (QED) is 0.906. The van der Waals surface area contributed by atoms with Crippen molar-refractivity contribution < 1.29 is 0 Å². The van der Waals surface area contributed by atoms with E-state index < -0.39 is 0 Å². The van der Waals surface area contributed by atoms with Crippen LogP contribution in [-0.2, 0) is 0 Å². The molecule has 0 saturated carbocycles. The number of likely N-dealkylation sites (tertiary alicyclic amines) is 1. The normalized spacial score (nSPS) is 21.0. The molecule has 1 heterocycles. The lowest BCUT2D eigenvalue weighted by Gasteiger charge is -2.32. The van der Waals surface area contributed by atoms with Gasteiger partial charge in [-0.25, -0.2) is 0 Å². The zero-order chi connectivity index (χ0) is 15.6. The molecule has 2 nitrogen and oxygen atoms in total. The van der Waals surface area contributed by atoms with E-state index in [1.807, 2.05) is 0 Å². The molecule has 0 aliphatic carbocycles. The van der Waals surface area contributed by atoms with Gasteiger partial charge in [0.2, 0.25) is 0 Å². The standard InChI is InChI=1S/C19H32N2/c1-14-11-16(3)17(12-15(14)2)18(13-20)21-9-6-7-19(4,5)8-10-21/h11-12,18H,6-10,13,20H2,1-5H3. The van der Waals surface area contributed by atoms with E-state index in [9.17, 15) is 0 Å². The highest BCUT2D eigenvalue weighted by molar-refractivity contribution is 5.38. The number of aryl methyl sites for hydroxylation is 3. The maximum Gasteiger partial charge on any atom is 0.0473 e. The van der Waals surface area contributed by atoms with Gasteiger partial charge in [0.25, 0.3) is 0 Å². The molecule has 0 radical (unpaired) electrons. The van der Waals surface area contributed by atoms with Crippen LogP contribution in [0.15, 0.2) is 12.1 Å². The Hall–Kier alpha value is -0.860. The fourth-order valence-electron chi connectivity index (χ4n) is 3.57. The third-order valence-electron chi connectivity index (χ3n) is 5.28. The SMILES string of the molecule is Cc1cc(C)c(C(CN)N2CCCC(C)(C)CC2)cc1C. The molecule has 2 N–H and O–H groups in total. The summed E-state index contributed by atoms with van der Waals surface area (Å²) in [6.07, 6.45) is 3.88. The number of rotatable bonds is 3. The second-order valence-electron chi connectivity index (χ2n) is 7.60. The number of hydrogen-bond donors (Lipinski definition) is 1. The molecule has 21 heavy (non-hydrogen) atoms. The zero-order valence-corrected chi connectivity index (χ0v) is 14.5. The van der Waals surface area contributed by atoms with Gasteiger partial charge in [0, 0.05) is 12.6 Å². The molecule has 1 fully saturated rings. The predicted octanol–water partition coefficient (Wildman–Crippen LogP) is 4.12. The average Bonchev–Trinajstić information content (AvgIpc) is 2.58. The van der Waals surface area contributed by atoms with Gasteiger partial charge >= 0.3 is 0 Å². The maximum absolute atomic E-state index is 6.17. The van der Waals surface area contributed by atoms with Crippen molar-refractivity contribution in [3.63, 3.8) is 0 Å². The molecular weight excluding hydrogens is 256 g/mol. The highest BCUT2D eigenvalue weighted by Gasteiger charge is 2.27. The first-order chi connectivity index (χ1) is 9.84.